The summed E-state index contributed by atoms with van der Waals surface area (Å²) in [6.07, 6.45) is -0.210. The minimum Gasteiger partial charge on any atom is -0.477 e. The highest BCUT2D eigenvalue weighted by Crippen LogP contribution is 2.31. The summed E-state index contributed by atoms with van der Waals surface area (Å²) < 4.78 is 16.3. The molecule has 4 rings (SSSR count). The Balaban J connectivity index is 1.98. The zero-order valence-electron chi connectivity index (χ0n) is 15.8. The van der Waals surface area contributed by atoms with Gasteiger partial charge in [0.25, 0.3) is 0 Å². The molecule has 0 saturated carbocycles. The van der Waals surface area contributed by atoms with Gasteiger partial charge in [0, 0.05) is 24.5 Å². The van der Waals surface area contributed by atoms with Crippen LogP contribution in [-0.2, 0) is 17.8 Å². The van der Waals surface area contributed by atoms with Crippen molar-refractivity contribution in [2.75, 3.05) is 7.05 Å². The van der Waals surface area contributed by atoms with E-state index >= 15 is 0 Å². The van der Waals surface area contributed by atoms with E-state index < -0.39 is 11.8 Å². The van der Waals surface area contributed by atoms with Gasteiger partial charge in [-0.2, -0.15) is 0 Å². The molecule has 1 amide bonds. The molecule has 0 radical (unpaired) electrons. The predicted molar refractivity (Wildman–Crippen MR) is 110 cm³/mol. The van der Waals surface area contributed by atoms with Crippen molar-refractivity contribution in [1.82, 2.24) is 9.88 Å². The van der Waals surface area contributed by atoms with Crippen molar-refractivity contribution in [3.05, 3.63) is 83.3 Å². The lowest BCUT2D eigenvalue weighted by Crippen LogP contribution is -2.21. The molecule has 2 N–H and O–H groups in total. The number of likely N-dealkylation sites (N-methyl/N-ethyl adjacent to an activating group) is 1. The minimum absolute atomic E-state index is 0.0679. The Kier molecular flexibility index (Phi) is 4.76. The van der Waals surface area contributed by atoms with E-state index in [4.69, 9.17) is 0 Å². The van der Waals surface area contributed by atoms with Crippen molar-refractivity contribution in [1.29, 1.82) is 0 Å². The summed E-state index contributed by atoms with van der Waals surface area (Å²) in [7, 11) is 1.47. The molecule has 29 heavy (non-hydrogen) atoms. The number of nitrogens with one attached hydrogen (secondary N) is 1. The van der Waals surface area contributed by atoms with Crippen molar-refractivity contribution in [2.24, 2.45) is 0 Å². The number of hydrogen-bond donors (Lipinski definition) is 2. The average molecular weight is 390 g/mol. The molecule has 1 aromatic heterocycles. The fraction of sp³-hybridized carbons (Fsp3) is 0.130. The molecule has 0 bridgehead atoms. The molecule has 0 spiro atoms. The normalized spacial score (nSPS) is 11.1. The highest BCUT2D eigenvalue weighted by molar-refractivity contribution is 6.01. The molecule has 0 unspecified atom stereocenters. The Labute approximate surface area is 166 Å². The molecule has 1 heterocycles. The van der Waals surface area contributed by atoms with Crippen LogP contribution in [0.2, 0.25) is 0 Å². The van der Waals surface area contributed by atoms with Gasteiger partial charge in [-0.1, -0.05) is 48.5 Å². The van der Waals surface area contributed by atoms with Gasteiger partial charge in [-0.25, -0.2) is 9.18 Å². The predicted octanol–water partition coefficient (Wildman–Crippen LogP) is 3.97. The van der Waals surface area contributed by atoms with Crippen LogP contribution < -0.4 is 5.32 Å². The maximum atomic E-state index is 14.7. The quantitative estimate of drug-likeness (QED) is 0.542. The molecule has 6 heteroatoms. The zero-order chi connectivity index (χ0) is 20.5. The number of amides is 1. The van der Waals surface area contributed by atoms with Gasteiger partial charge in [-0.05, 0) is 28.5 Å². The maximum absolute atomic E-state index is 14.7. The number of carboxylic acids is 1. The first kappa shape index (κ1) is 18.7. The molecule has 4 aromatic rings. The van der Waals surface area contributed by atoms with E-state index in [2.05, 4.69) is 5.32 Å². The van der Waals surface area contributed by atoms with Crippen LogP contribution in [0.1, 0.15) is 21.6 Å². The number of rotatable bonds is 5. The van der Waals surface area contributed by atoms with Crippen LogP contribution >= 0.6 is 0 Å². The second-order valence-electron chi connectivity index (χ2n) is 6.84. The van der Waals surface area contributed by atoms with Crippen LogP contribution in [0.5, 0.6) is 0 Å². The molecule has 5 nitrogen and oxygen atoms in total. The smallest absolute Gasteiger partial charge is 0.352 e. The van der Waals surface area contributed by atoms with Gasteiger partial charge in [0.1, 0.15) is 11.5 Å². The minimum atomic E-state index is -1.19. The van der Waals surface area contributed by atoms with E-state index in [1.165, 1.54) is 13.1 Å². The van der Waals surface area contributed by atoms with Crippen molar-refractivity contribution in [2.45, 2.75) is 13.0 Å². The van der Waals surface area contributed by atoms with Crippen molar-refractivity contribution >= 4 is 33.6 Å². The third-order valence-electron chi connectivity index (χ3n) is 5.17. The second kappa shape index (κ2) is 7.39. The number of halogens is 1. The lowest BCUT2D eigenvalue weighted by atomic mass is 10.0. The first-order valence-corrected chi connectivity index (χ1v) is 9.21. The summed E-state index contributed by atoms with van der Waals surface area (Å²) in [5.41, 5.74) is 1.49. The topological polar surface area (TPSA) is 71.3 Å². The Hall–Kier alpha value is -3.67. The van der Waals surface area contributed by atoms with E-state index in [9.17, 15) is 19.1 Å². The number of fused-ring (bicyclic) bond motifs is 2. The van der Waals surface area contributed by atoms with Crippen LogP contribution in [0.25, 0.3) is 21.7 Å². The van der Waals surface area contributed by atoms with E-state index in [0.717, 1.165) is 16.3 Å². The fourth-order valence-corrected chi connectivity index (χ4v) is 3.87. The number of carbonyl (C=O) groups excluding carboxylic acids is 1. The van der Waals surface area contributed by atoms with Crippen molar-refractivity contribution in [3.8, 4) is 0 Å². The van der Waals surface area contributed by atoms with Gasteiger partial charge in [0.2, 0.25) is 5.91 Å². The molecule has 0 aliphatic rings. The number of hydrogen-bond acceptors (Lipinski definition) is 2. The number of nitrogens with zero attached hydrogens (tertiary/aromatic N) is 1. The van der Waals surface area contributed by atoms with Crippen LogP contribution in [0, 0.1) is 5.82 Å². The molecular weight excluding hydrogens is 371 g/mol. The van der Waals surface area contributed by atoms with Crippen LogP contribution in [0.3, 0.4) is 0 Å². The summed E-state index contributed by atoms with van der Waals surface area (Å²) >= 11 is 0. The van der Waals surface area contributed by atoms with Gasteiger partial charge in [0.05, 0.1) is 11.9 Å². The maximum Gasteiger partial charge on any atom is 0.352 e. The molecule has 0 saturated heterocycles. The highest BCUT2D eigenvalue weighted by atomic mass is 19.1. The lowest BCUT2D eigenvalue weighted by molar-refractivity contribution is -0.119. The SMILES string of the molecule is CNC(=O)Cc1c(C(=O)O)n(Cc2cccc3ccccc23)c2cccc(F)c12. The highest BCUT2D eigenvalue weighted by Gasteiger charge is 2.26. The first-order valence-electron chi connectivity index (χ1n) is 9.21. The van der Waals surface area contributed by atoms with Gasteiger partial charge in [-0.15, -0.1) is 0 Å². The number of carboxylic acid groups (broad SMARTS) is 1. The molecule has 0 aliphatic heterocycles. The van der Waals surface area contributed by atoms with Crippen molar-refractivity contribution in [3.63, 3.8) is 0 Å². The van der Waals surface area contributed by atoms with Gasteiger partial charge >= 0.3 is 5.97 Å². The van der Waals surface area contributed by atoms with Gasteiger partial charge in [0.15, 0.2) is 0 Å². The van der Waals surface area contributed by atoms with Crippen LogP contribution in [0.4, 0.5) is 4.39 Å². The fourth-order valence-electron chi connectivity index (χ4n) is 3.87. The molecule has 0 atom stereocenters. The molecule has 146 valence electrons. The third kappa shape index (κ3) is 3.23. The Morgan fingerprint density at radius 2 is 1.76 bits per heavy atom. The summed E-state index contributed by atoms with van der Waals surface area (Å²) in [5, 5.41) is 14.6. The Morgan fingerprint density at radius 3 is 2.52 bits per heavy atom. The third-order valence-corrected chi connectivity index (χ3v) is 5.17. The Morgan fingerprint density at radius 1 is 1.03 bits per heavy atom. The van der Waals surface area contributed by atoms with Gasteiger partial charge < -0.3 is 15.0 Å². The van der Waals surface area contributed by atoms with Crippen LogP contribution in [0.15, 0.2) is 60.7 Å². The average Bonchev–Trinajstić information content (AvgIpc) is 3.02. The first-order chi connectivity index (χ1) is 14.0. The van der Waals surface area contributed by atoms with E-state index in [1.54, 1.807) is 16.7 Å². The van der Waals surface area contributed by atoms with E-state index in [0.29, 0.717) is 5.52 Å². The number of benzene rings is 3. The number of aromatic nitrogens is 1. The number of carbonyl (C=O) groups is 2. The molecule has 3 aromatic carbocycles. The lowest BCUT2D eigenvalue weighted by Gasteiger charge is -2.12. The van der Waals surface area contributed by atoms with Crippen LogP contribution in [-0.4, -0.2) is 28.6 Å². The number of aromatic carboxylic acids is 1. The zero-order valence-corrected chi connectivity index (χ0v) is 15.8. The van der Waals surface area contributed by atoms with E-state index in [1.807, 2.05) is 42.5 Å². The van der Waals surface area contributed by atoms with E-state index in [-0.39, 0.29) is 35.5 Å². The molecular formula is C23H19FN2O3. The summed E-state index contributed by atoms with van der Waals surface area (Å²) in [6.45, 7) is 0.247. The standard InChI is InChI=1S/C23H19FN2O3/c1-25-20(27)12-17-21-18(24)10-5-11-19(21)26(22(17)23(28)29)13-15-8-4-7-14-6-2-3-9-16(14)15/h2-11H,12-13H2,1H3,(H,25,27)(H,28,29). The summed E-state index contributed by atoms with van der Waals surface area (Å²) in [6, 6.07) is 18.2. The van der Waals surface area contributed by atoms with Crippen molar-refractivity contribution < 1.29 is 19.1 Å². The largest absolute Gasteiger partial charge is 0.477 e. The summed E-state index contributed by atoms with van der Waals surface area (Å²) in [5.74, 6) is -2.11. The monoisotopic (exact) mass is 390 g/mol. The Bertz CT molecular complexity index is 1250. The van der Waals surface area contributed by atoms with Gasteiger partial charge in [-0.3, -0.25) is 4.79 Å². The second-order valence-corrected chi connectivity index (χ2v) is 6.84. The summed E-state index contributed by atoms with van der Waals surface area (Å²) in [4.78, 5) is 24.2. The molecule has 0 aliphatic carbocycles. The molecule has 0 fully saturated rings.